The van der Waals surface area contributed by atoms with Gasteiger partial charge in [0.2, 0.25) is 17.7 Å². The van der Waals surface area contributed by atoms with E-state index in [2.05, 4.69) is 10.6 Å². The van der Waals surface area contributed by atoms with Crippen molar-refractivity contribution >= 4 is 23.4 Å². The van der Waals surface area contributed by atoms with Gasteiger partial charge in [0.05, 0.1) is 0 Å². The predicted molar refractivity (Wildman–Crippen MR) is 85.5 cm³/mol. The standard InChI is InChI=1S/C17H20FN3O3/c18-12-2-1-3-13(9-12)19-15(22)4-5-17(24)21-7-6-14-11(10-21)8-16(23)20-14/h1-3,9,11,14H,4-8,10H2,(H,19,22)(H,20,23)/t11-,14+/m1/s1. The molecule has 3 amide bonds. The molecule has 0 spiro atoms. The lowest BCUT2D eigenvalue weighted by Crippen LogP contribution is -2.47. The molecule has 2 heterocycles. The van der Waals surface area contributed by atoms with Gasteiger partial charge in [0, 0.05) is 50.0 Å². The molecule has 128 valence electrons. The van der Waals surface area contributed by atoms with Crippen molar-refractivity contribution in [3.63, 3.8) is 0 Å². The van der Waals surface area contributed by atoms with E-state index in [4.69, 9.17) is 0 Å². The molecular formula is C17H20FN3O3. The number of carbonyl (C=O) groups is 3. The van der Waals surface area contributed by atoms with Crippen molar-refractivity contribution in [3.8, 4) is 0 Å². The van der Waals surface area contributed by atoms with Crippen LogP contribution < -0.4 is 10.6 Å². The second-order valence-corrected chi connectivity index (χ2v) is 6.33. The number of rotatable bonds is 4. The first-order valence-electron chi connectivity index (χ1n) is 8.14. The summed E-state index contributed by atoms with van der Waals surface area (Å²) in [6.45, 7) is 1.17. The van der Waals surface area contributed by atoms with Crippen molar-refractivity contribution < 1.29 is 18.8 Å². The summed E-state index contributed by atoms with van der Waals surface area (Å²) in [5, 5.41) is 5.51. The number of fused-ring (bicyclic) bond motifs is 1. The van der Waals surface area contributed by atoms with E-state index in [0.29, 0.717) is 25.2 Å². The molecule has 0 saturated carbocycles. The molecule has 0 bridgehead atoms. The number of nitrogens with one attached hydrogen (secondary N) is 2. The highest BCUT2D eigenvalue weighted by atomic mass is 19.1. The molecule has 24 heavy (non-hydrogen) atoms. The average molecular weight is 333 g/mol. The van der Waals surface area contributed by atoms with Gasteiger partial charge in [-0.15, -0.1) is 0 Å². The minimum atomic E-state index is -0.425. The lowest BCUT2D eigenvalue weighted by atomic mass is 9.93. The summed E-state index contributed by atoms with van der Waals surface area (Å²) in [6, 6.07) is 5.81. The Morgan fingerprint density at radius 1 is 1.33 bits per heavy atom. The molecule has 0 aromatic heterocycles. The number of anilines is 1. The van der Waals surface area contributed by atoms with Crippen LogP contribution in [0, 0.1) is 11.7 Å². The zero-order valence-corrected chi connectivity index (χ0v) is 13.3. The van der Waals surface area contributed by atoms with Crippen LogP contribution in [0.5, 0.6) is 0 Å². The van der Waals surface area contributed by atoms with E-state index in [1.807, 2.05) is 0 Å². The summed E-state index contributed by atoms with van der Waals surface area (Å²) in [5.74, 6) is -0.597. The van der Waals surface area contributed by atoms with Gasteiger partial charge in [0.1, 0.15) is 5.82 Å². The third-order valence-electron chi connectivity index (χ3n) is 4.55. The van der Waals surface area contributed by atoms with E-state index in [-0.39, 0.29) is 42.5 Å². The summed E-state index contributed by atoms with van der Waals surface area (Å²) in [4.78, 5) is 37.3. The zero-order valence-electron chi connectivity index (χ0n) is 13.3. The third kappa shape index (κ3) is 3.90. The van der Waals surface area contributed by atoms with Crippen LogP contribution in [0.15, 0.2) is 24.3 Å². The van der Waals surface area contributed by atoms with Crippen LogP contribution in [0.4, 0.5) is 10.1 Å². The lowest BCUT2D eigenvalue weighted by molar-refractivity contribution is -0.134. The van der Waals surface area contributed by atoms with Crippen LogP contribution >= 0.6 is 0 Å². The molecule has 2 fully saturated rings. The van der Waals surface area contributed by atoms with Gasteiger partial charge in [-0.3, -0.25) is 14.4 Å². The molecular weight excluding hydrogens is 313 g/mol. The van der Waals surface area contributed by atoms with Gasteiger partial charge >= 0.3 is 0 Å². The van der Waals surface area contributed by atoms with Crippen LogP contribution in [-0.2, 0) is 14.4 Å². The van der Waals surface area contributed by atoms with Gasteiger partial charge in [-0.2, -0.15) is 0 Å². The Labute approximate surface area is 139 Å². The van der Waals surface area contributed by atoms with Crippen molar-refractivity contribution in [2.24, 2.45) is 5.92 Å². The Hall–Kier alpha value is -2.44. The number of hydrogen-bond acceptors (Lipinski definition) is 3. The predicted octanol–water partition coefficient (Wildman–Crippen LogP) is 1.28. The molecule has 3 rings (SSSR count). The number of carbonyl (C=O) groups excluding carboxylic acids is 3. The van der Waals surface area contributed by atoms with Crippen molar-refractivity contribution in [1.29, 1.82) is 0 Å². The Morgan fingerprint density at radius 3 is 2.96 bits per heavy atom. The van der Waals surface area contributed by atoms with Gasteiger partial charge < -0.3 is 15.5 Å². The summed E-state index contributed by atoms with van der Waals surface area (Å²) in [6.07, 6.45) is 1.39. The highest BCUT2D eigenvalue weighted by Gasteiger charge is 2.37. The van der Waals surface area contributed by atoms with Gasteiger partial charge in [0.15, 0.2) is 0 Å². The molecule has 7 heteroatoms. The number of hydrogen-bond donors (Lipinski definition) is 2. The van der Waals surface area contributed by atoms with Gasteiger partial charge in [0.25, 0.3) is 0 Å². The summed E-state index contributed by atoms with van der Waals surface area (Å²) < 4.78 is 13.1. The zero-order chi connectivity index (χ0) is 17.1. The van der Waals surface area contributed by atoms with Crippen LogP contribution in [0.25, 0.3) is 0 Å². The second kappa shape index (κ2) is 6.98. The fraction of sp³-hybridized carbons (Fsp3) is 0.471. The molecule has 1 aromatic rings. The quantitative estimate of drug-likeness (QED) is 0.871. The smallest absolute Gasteiger partial charge is 0.224 e. The summed E-state index contributed by atoms with van der Waals surface area (Å²) >= 11 is 0. The number of nitrogens with zero attached hydrogens (tertiary/aromatic N) is 1. The first kappa shape index (κ1) is 16.4. The van der Waals surface area contributed by atoms with E-state index in [1.54, 1.807) is 11.0 Å². The monoisotopic (exact) mass is 333 g/mol. The maximum atomic E-state index is 13.1. The van der Waals surface area contributed by atoms with Gasteiger partial charge in [-0.05, 0) is 24.6 Å². The number of halogens is 1. The first-order valence-corrected chi connectivity index (χ1v) is 8.14. The van der Waals surface area contributed by atoms with Crippen LogP contribution in [0.3, 0.4) is 0 Å². The van der Waals surface area contributed by atoms with Crippen molar-refractivity contribution in [2.45, 2.75) is 31.7 Å². The topological polar surface area (TPSA) is 78.5 Å². The SMILES string of the molecule is O=C(CCC(=O)N1CC[C@@H]2NC(=O)C[C@@H]2C1)Nc1cccc(F)c1. The molecule has 1 aromatic carbocycles. The molecule has 2 aliphatic rings. The molecule has 2 N–H and O–H groups in total. The normalized spacial score (nSPS) is 22.7. The van der Waals surface area contributed by atoms with Crippen LogP contribution in [0.1, 0.15) is 25.7 Å². The maximum Gasteiger partial charge on any atom is 0.224 e. The Morgan fingerprint density at radius 2 is 2.17 bits per heavy atom. The van der Waals surface area contributed by atoms with Gasteiger partial charge in [-0.25, -0.2) is 4.39 Å². The third-order valence-corrected chi connectivity index (χ3v) is 4.55. The minimum Gasteiger partial charge on any atom is -0.353 e. The van der Waals surface area contributed by atoms with E-state index >= 15 is 0 Å². The highest BCUT2D eigenvalue weighted by Crippen LogP contribution is 2.25. The minimum absolute atomic E-state index is 0.0498. The maximum absolute atomic E-state index is 13.1. The number of amides is 3. The lowest BCUT2D eigenvalue weighted by Gasteiger charge is -2.34. The number of piperidine rings is 1. The largest absolute Gasteiger partial charge is 0.353 e. The fourth-order valence-electron chi connectivity index (χ4n) is 3.33. The van der Waals surface area contributed by atoms with Crippen molar-refractivity contribution in [2.75, 3.05) is 18.4 Å². The Kier molecular flexibility index (Phi) is 4.78. The fourth-order valence-corrected chi connectivity index (χ4v) is 3.33. The summed E-state index contributed by atoms with van der Waals surface area (Å²) in [7, 11) is 0. The molecule has 2 aliphatic heterocycles. The first-order chi connectivity index (χ1) is 11.5. The summed E-state index contributed by atoms with van der Waals surface area (Å²) in [5.41, 5.74) is 0.379. The highest BCUT2D eigenvalue weighted by molar-refractivity contribution is 5.93. The van der Waals surface area contributed by atoms with E-state index in [1.165, 1.54) is 18.2 Å². The Bertz CT molecular complexity index is 664. The molecule has 2 atom stereocenters. The molecule has 0 aliphatic carbocycles. The average Bonchev–Trinajstić information content (AvgIpc) is 2.91. The Balaban J connectivity index is 1.45. The van der Waals surface area contributed by atoms with E-state index < -0.39 is 5.82 Å². The second-order valence-electron chi connectivity index (χ2n) is 6.33. The van der Waals surface area contributed by atoms with E-state index in [0.717, 1.165) is 6.42 Å². The van der Waals surface area contributed by atoms with Crippen molar-refractivity contribution in [1.82, 2.24) is 10.2 Å². The van der Waals surface area contributed by atoms with E-state index in [9.17, 15) is 18.8 Å². The van der Waals surface area contributed by atoms with Crippen LogP contribution in [-0.4, -0.2) is 41.8 Å². The molecule has 2 saturated heterocycles. The molecule has 0 radical (unpaired) electrons. The van der Waals surface area contributed by atoms with Gasteiger partial charge in [-0.1, -0.05) is 6.07 Å². The number of likely N-dealkylation sites (tertiary alicyclic amines) is 1. The number of benzene rings is 1. The van der Waals surface area contributed by atoms with Crippen molar-refractivity contribution in [3.05, 3.63) is 30.1 Å². The molecule has 0 unspecified atom stereocenters. The van der Waals surface area contributed by atoms with Crippen LogP contribution in [0.2, 0.25) is 0 Å². The molecule has 6 nitrogen and oxygen atoms in total.